The zero-order valence-corrected chi connectivity index (χ0v) is 14.6. The van der Waals surface area contributed by atoms with Crippen LogP contribution in [0.15, 0.2) is 47.8 Å². The lowest BCUT2D eigenvalue weighted by Crippen LogP contribution is -2.29. The summed E-state index contributed by atoms with van der Waals surface area (Å²) in [5.74, 6) is 0.444. The van der Waals surface area contributed by atoms with E-state index in [2.05, 4.69) is 54.2 Å². The van der Waals surface area contributed by atoms with Crippen molar-refractivity contribution in [1.29, 1.82) is 0 Å². The van der Waals surface area contributed by atoms with E-state index in [1.165, 1.54) is 5.56 Å². The van der Waals surface area contributed by atoms with Crippen molar-refractivity contribution in [2.24, 2.45) is 5.92 Å². The van der Waals surface area contributed by atoms with Crippen molar-refractivity contribution < 1.29 is 4.79 Å². The summed E-state index contributed by atoms with van der Waals surface area (Å²) >= 11 is 1.68. The highest BCUT2D eigenvalue weighted by atomic mass is 32.1. The van der Waals surface area contributed by atoms with E-state index in [0.717, 1.165) is 15.9 Å². The van der Waals surface area contributed by atoms with E-state index in [1.807, 2.05) is 24.3 Å². The summed E-state index contributed by atoms with van der Waals surface area (Å²) in [4.78, 5) is 12.6. The van der Waals surface area contributed by atoms with Crippen molar-refractivity contribution in [3.63, 3.8) is 0 Å². The first-order chi connectivity index (χ1) is 11.1. The Labute approximate surface area is 140 Å². The van der Waals surface area contributed by atoms with E-state index < -0.39 is 0 Å². The molecule has 0 spiro atoms. The maximum Gasteiger partial charge on any atom is 0.268 e. The van der Waals surface area contributed by atoms with Gasteiger partial charge in [-0.15, -0.1) is 11.3 Å². The van der Waals surface area contributed by atoms with Crippen LogP contribution in [0, 0.1) is 5.92 Å². The normalized spacial score (nSPS) is 12.7. The van der Waals surface area contributed by atoms with Crippen molar-refractivity contribution in [1.82, 2.24) is 9.88 Å². The summed E-state index contributed by atoms with van der Waals surface area (Å²) in [6.45, 7) is 7.04. The Kier molecular flexibility index (Phi) is 4.53. The summed E-state index contributed by atoms with van der Waals surface area (Å²) in [6, 6.07) is 14.5. The van der Waals surface area contributed by atoms with Crippen LogP contribution in [0.4, 0.5) is 0 Å². The standard InChI is InChI=1S/C19H22N2OS/c1-13(2)12-20-19(22)17-11-18-16(9-10-23-18)21(17)14(3)15-7-5-4-6-8-15/h4-11,13-14H,12H2,1-3H3,(H,20,22)/t14-/m1/s1. The molecule has 3 rings (SSSR count). The minimum Gasteiger partial charge on any atom is -0.351 e. The van der Waals surface area contributed by atoms with Gasteiger partial charge in [-0.1, -0.05) is 44.2 Å². The summed E-state index contributed by atoms with van der Waals surface area (Å²) < 4.78 is 3.30. The van der Waals surface area contributed by atoms with Crippen LogP contribution < -0.4 is 5.32 Å². The van der Waals surface area contributed by atoms with Gasteiger partial charge in [0.05, 0.1) is 16.3 Å². The van der Waals surface area contributed by atoms with Crippen LogP contribution in [0.3, 0.4) is 0 Å². The van der Waals surface area contributed by atoms with Crippen LogP contribution in [0.2, 0.25) is 0 Å². The van der Waals surface area contributed by atoms with E-state index in [-0.39, 0.29) is 11.9 Å². The van der Waals surface area contributed by atoms with Crippen LogP contribution in [0.25, 0.3) is 10.2 Å². The lowest BCUT2D eigenvalue weighted by Gasteiger charge is -2.19. The van der Waals surface area contributed by atoms with Gasteiger partial charge in [0.2, 0.25) is 0 Å². The zero-order valence-electron chi connectivity index (χ0n) is 13.7. The van der Waals surface area contributed by atoms with Crippen molar-refractivity contribution in [3.05, 3.63) is 59.1 Å². The maximum absolute atomic E-state index is 12.6. The van der Waals surface area contributed by atoms with Gasteiger partial charge in [-0.05, 0) is 35.9 Å². The highest BCUT2D eigenvalue weighted by molar-refractivity contribution is 7.17. The number of hydrogen-bond donors (Lipinski definition) is 1. The minimum atomic E-state index is 0.00452. The molecule has 2 heterocycles. The fraction of sp³-hybridized carbons (Fsp3) is 0.316. The largest absolute Gasteiger partial charge is 0.351 e. The lowest BCUT2D eigenvalue weighted by molar-refractivity contribution is 0.0939. The number of amides is 1. The van der Waals surface area contributed by atoms with Crippen molar-refractivity contribution in [2.45, 2.75) is 26.8 Å². The molecule has 0 saturated carbocycles. The number of thiophene rings is 1. The minimum absolute atomic E-state index is 0.00452. The quantitative estimate of drug-likeness (QED) is 0.724. The zero-order chi connectivity index (χ0) is 16.4. The number of carbonyl (C=O) groups is 1. The Morgan fingerprint density at radius 2 is 1.91 bits per heavy atom. The van der Waals surface area contributed by atoms with E-state index in [4.69, 9.17) is 0 Å². The second-order valence-electron chi connectivity index (χ2n) is 6.26. The summed E-state index contributed by atoms with van der Waals surface area (Å²) in [7, 11) is 0. The Hall–Kier alpha value is -2.07. The fourth-order valence-corrected chi connectivity index (χ4v) is 3.62. The Morgan fingerprint density at radius 1 is 1.17 bits per heavy atom. The molecule has 1 amide bonds. The Morgan fingerprint density at radius 3 is 2.61 bits per heavy atom. The van der Waals surface area contributed by atoms with Gasteiger partial charge in [0.15, 0.2) is 0 Å². The molecule has 120 valence electrons. The molecule has 4 heteroatoms. The molecule has 3 aromatic rings. The van der Waals surface area contributed by atoms with Crippen LogP contribution in [0.5, 0.6) is 0 Å². The van der Waals surface area contributed by atoms with E-state index >= 15 is 0 Å². The third kappa shape index (κ3) is 3.17. The first kappa shape index (κ1) is 15.8. The second-order valence-corrected chi connectivity index (χ2v) is 7.21. The van der Waals surface area contributed by atoms with Crippen LogP contribution >= 0.6 is 11.3 Å². The number of nitrogens with one attached hydrogen (secondary N) is 1. The molecule has 0 fully saturated rings. The van der Waals surface area contributed by atoms with Gasteiger partial charge >= 0.3 is 0 Å². The van der Waals surface area contributed by atoms with Gasteiger partial charge in [0.25, 0.3) is 5.91 Å². The van der Waals surface area contributed by atoms with Crippen LogP contribution in [0.1, 0.15) is 42.9 Å². The third-order valence-electron chi connectivity index (χ3n) is 4.03. The van der Waals surface area contributed by atoms with Crippen molar-refractivity contribution >= 4 is 27.5 Å². The molecule has 0 aliphatic heterocycles. The highest BCUT2D eigenvalue weighted by Gasteiger charge is 2.21. The SMILES string of the molecule is CC(C)CNC(=O)c1cc2sccc2n1[C@H](C)c1ccccc1. The van der Waals surface area contributed by atoms with Gasteiger partial charge in [0.1, 0.15) is 5.69 Å². The van der Waals surface area contributed by atoms with E-state index in [1.54, 1.807) is 11.3 Å². The first-order valence-electron chi connectivity index (χ1n) is 7.99. The van der Waals surface area contributed by atoms with Crippen molar-refractivity contribution in [3.8, 4) is 0 Å². The number of benzene rings is 1. The Bertz CT molecular complexity index is 801. The maximum atomic E-state index is 12.6. The molecule has 0 bridgehead atoms. The average molecular weight is 326 g/mol. The smallest absolute Gasteiger partial charge is 0.268 e. The fourth-order valence-electron chi connectivity index (χ4n) is 2.80. The summed E-state index contributed by atoms with van der Waals surface area (Å²) in [5, 5.41) is 5.12. The molecule has 2 aromatic heterocycles. The monoisotopic (exact) mass is 326 g/mol. The second kappa shape index (κ2) is 6.59. The molecular formula is C19H22N2OS. The van der Waals surface area contributed by atoms with Crippen LogP contribution in [-0.2, 0) is 0 Å². The van der Waals surface area contributed by atoms with Crippen molar-refractivity contribution in [2.75, 3.05) is 6.54 Å². The molecule has 3 nitrogen and oxygen atoms in total. The molecule has 0 aliphatic rings. The van der Waals surface area contributed by atoms with Gasteiger partial charge in [-0.3, -0.25) is 4.79 Å². The number of fused-ring (bicyclic) bond motifs is 1. The van der Waals surface area contributed by atoms with Gasteiger partial charge in [-0.25, -0.2) is 0 Å². The molecule has 1 N–H and O–H groups in total. The molecular weight excluding hydrogens is 304 g/mol. The molecule has 0 aliphatic carbocycles. The number of hydrogen-bond acceptors (Lipinski definition) is 2. The van der Waals surface area contributed by atoms with Gasteiger partial charge in [0, 0.05) is 6.54 Å². The third-order valence-corrected chi connectivity index (χ3v) is 4.89. The number of aromatic nitrogens is 1. The molecule has 0 unspecified atom stereocenters. The van der Waals surface area contributed by atoms with Crippen LogP contribution in [-0.4, -0.2) is 17.0 Å². The molecule has 0 radical (unpaired) electrons. The number of rotatable bonds is 5. The van der Waals surface area contributed by atoms with E-state index in [0.29, 0.717) is 12.5 Å². The predicted molar refractivity (Wildman–Crippen MR) is 97.2 cm³/mol. The molecule has 1 atom stereocenters. The van der Waals surface area contributed by atoms with Gasteiger partial charge in [-0.2, -0.15) is 0 Å². The summed E-state index contributed by atoms with van der Waals surface area (Å²) in [5.41, 5.74) is 3.07. The molecule has 23 heavy (non-hydrogen) atoms. The lowest BCUT2D eigenvalue weighted by atomic mass is 10.1. The highest BCUT2D eigenvalue weighted by Crippen LogP contribution is 2.31. The molecule has 0 saturated heterocycles. The predicted octanol–water partition coefficient (Wildman–Crippen LogP) is 4.70. The summed E-state index contributed by atoms with van der Waals surface area (Å²) in [6.07, 6.45) is 0. The first-order valence-corrected chi connectivity index (χ1v) is 8.87. The number of nitrogens with zero attached hydrogens (tertiary/aromatic N) is 1. The average Bonchev–Trinajstić information content (AvgIpc) is 3.13. The van der Waals surface area contributed by atoms with Gasteiger partial charge < -0.3 is 9.88 Å². The molecule has 1 aromatic carbocycles. The Balaban J connectivity index is 2.02. The number of carbonyl (C=O) groups excluding carboxylic acids is 1. The topological polar surface area (TPSA) is 34.0 Å². The van der Waals surface area contributed by atoms with E-state index in [9.17, 15) is 4.79 Å².